The summed E-state index contributed by atoms with van der Waals surface area (Å²) in [4.78, 5) is 0. The van der Waals surface area contributed by atoms with Crippen molar-refractivity contribution < 1.29 is 9.50 Å². The van der Waals surface area contributed by atoms with Gasteiger partial charge in [0.05, 0.1) is 6.10 Å². The lowest BCUT2D eigenvalue weighted by Gasteiger charge is -2.13. The standard InChI is InChI=1S/C18H21FO/c1-12(2)15-6-4-14(5-7-15)11-18(20)16-8-9-17(19)13(3)10-16/h4-10,12,18,20H,11H2,1-3H3. The zero-order valence-electron chi connectivity index (χ0n) is 12.2. The van der Waals surface area contributed by atoms with Crippen molar-refractivity contribution in [2.45, 2.75) is 39.2 Å². The molecular formula is C18H21FO. The quantitative estimate of drug-likeness (QED) is 0.866. The summed E-state index contributed by atoms with van der Waals surface area (Å²) in [7, 11) is 0. The van der Waals surface area contributed by atoms with E-state index in [9.17, 15) is 9.50 Å². The van der Waals surface area contributed by atoms with Crippen molar-refractivity contribution in [3.63, 3.8) is 0 Å². The first-order chi connectivity index (χ1) is 9.47. The first-order valence-corrected chi connectivity index (χ1v) is 7.00. The molecule has 1 nitrogen and oxygen atoms in total. The van der Waals surface area contributed by atoms with Crippen molar-refractivity contribution in [2.24, 2.45) is 0 Å². The number of benzene rings is 2. The van der Waals surface area contributed by atoms with Crippen molar-refractivity contribution >= 4 is 0 Å². The number of aliphatic hydroxyl groups is 1. The number of aryl methyl sites for hydroxylation is 1. The highest BCUT2D eigenvalue weighted by molar-refractivity contribution is 5.29. The Kier molecular flexibility index (Phi) is 4.56. The topological polar surface area (TPSA) is 20.2 Å². The summed E-state index contributed by atoms with van der Waals surface area (Å²) in [6.07, 6.45) is -0.0529. The largest absolute Gasteiger partial charge is 0.388 e. The van der Waals surface area contributed by atoms with Crippen LogP contribution < -0.4 is 0 Å². The molecule has 0 amide bonds. The van der Waals surface area contributed by atoms with Crippen molar-refractivity contribution in [1.29, 1.82) is 0 Å². The summed E-state index contributed by atoms with van der Waals surface area (Å²) in [6, 6.07) is 13.1. The highest BCUT2D eigenvalue weighted by atomic mass is 19.1. The third-order valence-corrected chi connectivity index (χ3v) is 3.64. The summed E-state index contributed by atoms with van der Waals surface area (Å²) >= 11 is 0. The van der Waals surface area contributed by atoms with Crippen LogP contribution in [0.25, 0.3) is 0 Å². The molecule has 0 radical (unpaired) electrons. The maximum atomic E-state index is 13.2. The van der Waals surface area contributed by atoms with E-state index in [1.54, 1.807) is 19.1 Å². The van der Waals surface area contributed by atoms with Crippen LogP contribution in [0.5, 0.6) is 0 Å². The van der Waals surface area contributed by atoms with E-state index in [1.807, 2.05) is 0 Å². The van der Waals surface area contributed by atoms with Gasteiger partial charge >= 0.3 is 0 Å². The van der Waals surface area contributed by atoms with Gasteiger partial charge in [0.15, 0.2) is 0 Å². The molecule has 1 unspecified atom stereocenters. The Labute approximate surface area is 120 Å². The molecule has 1 N–H and O–H groups in total. The minimum atomic E-state index is -0.598. The summed E-state index contributed by atoms with van der Waals surface area (Å²) in [5.41, 5.74) is 3.71. The predicted octanol–water partition coefficient (Wildman–Crippen LogP) is 4.53. The number of halogens is 1. The molecule has 0 saturated carbocycles. The molecule has 1 atom stereocenters. The van der Waals surface area contributed by atoms with Gasteiger partial charge < -0.3 is 5.11 Å². The Morgan fingerprint density at radius 2 is 1.60 bits per heavy atom. The first-order valence-electron chi connectivity index (χ1n) is 7.00. The molecule has 2 heteroatoms. The van der Waals surface area contributed by atoms with Crippen molar-refractivity contribution in [3.8, 4) is 0 Å². The Hall–Kier alpha value is -1.67. The molecule has 2 aromatic carbocycles. The maximum absolute atomic E-state index is 13.2. The van der Waals surface area contributed by atoms with Gasteiger partial charge in [0.25, 0.3) is 0 Å². The fourth-order valence-corrected chi connectivity index (χ4v) is 2.25. The molecule has 106 valence electrons. The van der Waals surface area contributed by atoms with Crippen LogP contribution in [0, 0.1) is 12.7 Å². The molecule has 0 spiro atoms. The molecule has 0 saturated heterocycles. The highest BCUT2D eigenvalue weighted by Crippen LogP contribution is 2.22. The Morgan fingerprint density at radius 3 is 2.15 bits per heavy atom. The molecule has 2 rings (SSSR count). The molecule has 0 aromatic heterocycles. The van der Waals surface area contributed by atoms with Crippen LogP contribution in [0.2, 0.25) is 0 Å². The molecule has 0 aliphatic heterocycles. The number of hydrogen-bond donors (Lipinski definition) is 1. The lowest BCUT2D eigenvalue weighted by atomic mass is 9.97. The van der Waals surface area contributed by atoms with Gasteiger partial charge in [0.1, 0.15) is 5.82 Å². The van der Waals surface area contributed by atoms with Crippen LogP contribution in [-0.4, -0.2) is 5.11 Å². The molecule has 0 aliphatic rings. The smallest absolute Gasteiger partial charge is 0.126 e. The second-order valence-corrected chi connectivity index (χ2v) is 5.62. The van der Waals surface area contributed by atoms with Crippen molar-refractivity contribution in [3.05, 3.63) is 70.5 Å². The first kappa shape index (κ1) is 14.7. The maximum Gasteiger partial charge on any atom is 0.126 e. The van der Waals surface area contributed by atoms with Gasteiger partial charge in [-0.05, 0) is 41.2 Å². The van der Waals surface area contributed by atoms with Crippen LogP contribution >= 0.6 is 0 Å². The van der Waals surface area contributed by atoms with E-state index in [1.165, 1.54) is 11.6 Å². The number of aliphatic hydroxyl groups excluding tert-OH is 1. The minimum absolute atomic E-state index is 0.234. The van der Waals surface area contributed by atoms with E-state index < -0.39 is 6.10 Å². The van der Waals surface area contributed by atoms with Crippen LogP contribution in [-0.2, 0) is 6.42 Å². The molecule has 0 bridgehead atoms. The van der Waals surface area contributed by atoms with Crippen LogP contribution in [0.1, 0.15) is 48.1 Å². The average Bonchev–Trinajstić information content (AvgIpc) is 2.42. The van der Waals surface area contributed by atoms with E-state index >= 15 is 0 Å². The lowest BCUT2D eigenvalue weighted by Crippen LogP contribution is -2.03. The van der Waals surface area contributed by atoms with Crippen LogP contribution in [0.15, 0.2) is 42.5 Å². The van der Waals surface area contributed by atoms with Crippen LogP contribution in [0.4, 0.5) is 4.39 Å². The summed E-state index contributed by atoms with van der Waals surface area (Å²) in [5, 5.41) is 10.2. The monoisotopic (exact) mass is 272 g/mol. The second kappa shape index (κ2) is 6.19. The second-order valence-electron chi connectivity index (χ2n) is 5.62. The van der Waals surface area contributed by atoms with Gasteiger partial charge in [-0.3, -0.25) is 0 Å². The average molecular weight is 272 g/mol. The minimum Gasteiger partial charge on any atom is -0.388 e. The number of rotatable bonds is 4. The molecule has 0 aliphatic carbocycles. The van der Waals surface area contributed by atoms with Gasteiger partial charge in [0.2, 0.25) is 0 Å². The molecule has 20 heavy (non-hydrogen) atoms. The van der Waals surface area contributed by atoms with Gasteiger partial charge in [-0.1, -0.05) is 50.2 Å². The van der Waals surface area contributed by atoms with E-state index in [4.69, 9.17) is 0 Å². The van der Waals surface area contributed by atoms with E-state index in [0.29, 0.717) is 17.9 Å². The third kappa shape index (κ3) is 3.45. The summed E-state index contributed by atoms with van der Waals surface area (Å²) in [5.74, 6) is 0.274. The van der Waals surface area contributed by atoms with E-state index in [-0.39, 0.29) is 5.82 Å². The van der Waals surface area contributed by atoms with Crippen LogP contribution in [0.3, 0.4) is 0 Å². The number of hydrogen-bond acceptors (Lipinski definition) is 1. The molecule has 2 aromatic rings. The fourth-order valence-electron chi connectivity index (χ4n) is 2.25. The Morgan fingerprint density at radius 1 is 1.00 bits per heavy atom. The van der Waals surface area contributed by atoms with Gasteiger partial charge in [-0.25, -0.2) is 4.39 Å². The van der Waals surface area contributed by atoms with Crippen molar-refractivity contribution in [1.82, 2.24) is 0 Å². The summed E-state index contributed by atoms with van der Waals surface area (Å²) < 4.78 is 13.2. The zero-order chi connectivity index (χ0) is 14.7. The normalized spacial score (nSPS) is 12.7. The fraction of sp³-hybridized carbons (Fsp3) is 0.333. The van der Waals surface area contributed by atoms with Gasteiger partial charge in [-0.15, -0.1) is 0 Å². The SMILES string of the molecule is Cc1cc(C(O)Cc2ccc(C(C)C)cc2)ccc1F. The van der Waals surface area contributed by atoms with E-state index in [2.05, 4.69) is 38.1 Å². The Balaban J connectivity index is 2.10. The summed E-state index contributed by atoms with van der Waals surface area (Å²) in [6.45, 7) is 6.03. The highest BCUT2D eigenvalue weighted by Gasteiger charge is 2.10. The molecule has 0 fully saturated rings. The lowest BCUT2D eigenvalue weighted by molar-refractivity contribution is 0.178. The van der Waals surface area contributed by atoms with Gasteiger partial charge in [-0.2, -0.15) is 0 Å². The van der Waals surface area contributed by atoms with Gasteiger partial charge in [0, 0.05) is 6.42 Å². The van der Waals surface area contributed by atoms with E-state index in [0.717, 1.165) is 11.1 Å². The van der Waals surface area contributed by atoms with Crippen molar-refractivity contribution in [2.75, 3.05) is 0 Å². The molecular weight excluding hydrogens is 251 g/mol. The predicted molar refractivity (Wildman–Crippen MR) is 80.3 cm³/mol. The third-order valence-electron chi connectivity index (χ3n) is 3.64. The zero-order valence-corrected chi connectivity index (χ0v) is 12.2. The Bertz CT molecular complexity index is 572. The molecule has 0 heterocycles.